The summed E-state index contributed by atoms with van der Waals surface area (Å²) in [5, 5.41) is 3.55. The third-order valence-electron chi connectivity index (χ3n) is 4.18. The van der Waals surface area contributed by atoms with Crippen LogP contribution in [-0.2, 0) is 16.1 Å². The molecule has 24 heavy (non-hydrogen) atoms. The van der Waals surface area contributed by atoms with Crippen LogP contribution in [0.5, 0.6) is 0 Å². The van der Waals surface area contributed by atoms with Crippen molar-refractivity contribution < 1.29 is 9.59 Å². The SMILES string of the molecule is Cc1cccc(CNC(=O)[C@H]2CC(=O)N(c3ccc(Cl)cc3)C2)c1. The van der Waals surface area contributed by atoms with E-state index < -0.39 is 0 Å². The van der Waals surface area contributed by atoms with Gasteiger partial charge in [-0.2, -0.15) is 0 Å². The van der Waals surface area contributed by atoms with E-state index in [0.717, 1.165) is 16.8 Å². The van der Waals surface area contributed by atoms with E-state index in [1.54, 1.807) is 29.2 Å². The quantitative estimate of drug-likeness (QED) is 0.926. The number of nitrogens with zero attached hydrogens (tertiary/aromatic N) is 1. The monoisotopic (exact) mass is 342 g/mol. The Bertz CT molecular complexity index is 758. The molecular formula is C19H19ClN2O2. The van der Waals surface area contributed by atoms with Crippen LogP contribution in [0.2, 0.25) is 5.02 Å². The molecule has 5 heteroatoms. The average Bonchev–Trinajstić information content (AvgIpc) is 2.95. The number of nitrogens with one attached hydrogen (secondary N) is 1. The van der Waals surface area contributed by atoms with E-state index in [1.807, 2.05) is 31.2 Å². The van der Waals surface area contributed by atoms with E-state index in [0.29, 0.717) is 18.1 Å². The Labute approximate surface area is 146 Å². The number of amides is 2. The van der Waals surface area contributed by atoms with Crippen LogP contribution in [0.1, 0.15) is 17.5 Å². The number of rotatable bonds is 4. The Kier molecular flexibility index (Phi) is 4.86. The predicted octanol–water partition coefficient (Wildman–Crippen LogP) is 3.32. The van der Waals surface area contributed by atoms with Gasteiger partial charge in [0.25, 0.3) is 0 Å². The molecule has 1 aliphatic heterocycles. The molecule has 0 aliphatic carbocycles. The zero-order chi connectivity index (χ0) is 17.1. The van der Waals surface area contributed by atoms with E-state index in [-0.39, 0.29) is 24.2 Å². The van der Waals surface area contributed by atoms with Gasteiger partial charge in [-0.15, -0.1) is 0 Å². The van der Waals surface area contributed by atoms with Gasteiger partial charge in [0.1, 0.15) is 0 Å². The molecule has 1 atom stereocenters. The van der Waals surface area contributed by atoms with Crippen molar-refractivity contribution in [2.75, 3.05) is 11.4 Å². The number of carbonyl (C=O) groups is 2. The average molecular weight is 343 g/mol. The first-order valence-corrected chi connectivity index (χ1v) is 8.30. The van der Waals surface area contributed by atoms with Crippen LogP contribution in [0.15, 0.2) is 48.5 Å². The van der Waals surface area contributed by atoms with Crippen molar-refractivity contribution in [1.82, 2.24) is 5.32 Å². The van der Waals surface area contributed by atoms with E-state index in [4.69, 9.17) is 11.6 Å². The molecule has 0 saturated carbocycles. The van der Waals surface area contributed by atoms with E-state index in [1.165, 1.54) is 0 Å². The van der Waals surface area contributed by atoms with Crippen LogP contribution >= 0.6 is 11.6 Å². The molecule has 0 aromatic heterocycles. The largest absolute Gasteiger partial charge is 0.352 e. The summed E-state index contributed by atoms with van der Waals surface area (Å²) in [6.07, 6.45) is 0.238. The van der Waals surface area contributed by atoms with Gasteiger partial charge in [-0.3, -0.25) is 9.59 Å². The van der Waals surface area contributed by atoms with Crippen LogP contribution in [-0.4, -0.2) is 18.4 Å². The van der Waals surface area contributed by atoms with Crippen LogP contribution in [0.3, 0.4) is 0 Å². The minimum absolute atomic E-state index is 0.0342. The molecule has 4 nitrogen and oxygen atoms in total. The number of anilines is 1. The smallest absolute Gasteiger partial charge is 0.227 e. The molecule has 0 spiro atoms. The van der Waals surface area contributed by atoms with Gasteiger partial charge in [0.15, 0.2) is 0 Å². The first kappa shape index (κ1) is 16.5. The molecule has 2 amide bonds. The maximum absolute atomic E-state index is 12.4. The second-order valence-electron chi connectivity index (χ2n) is 6.09. The fraction of sp³-hybridized carbons (Fsp3) is 0.263. The van der Waals surface area contributed by atoms with Crippen LogP contribution in [0.4, 0.5) is 5.69 Å². The molecule has 1 heterocycles. The van der Waals surface area contributed by atoms with Crippen molar-refractivity contribution >= 4 is 29.1 Å². The van der Waals surface area contributed by atoms with Crippen molar-refractivity contribution in [2.24, 2.45) is 5.92 Å². The minimum atomic E-state index is -0.321. The minimum Gasteiger partial charge on any atom is -0.352 e. The van der Waals surface area contributed by atoms with Gasteiger partial charge in [-0.05, 0) is 36.8 Å². The molecule has 124 valence electrons. The van der Waals surface area contributed by atoms with Crippen molar-refractivity contribution in [3.63, 3.8) is 0 Å². The topological polar surface area (TPSA) is 49.4 Å². The molecule has 3 rings (SSSR count). The standard InChI is InChI=1S/C19H19ClN2O2/c1-13-3-2-4-14(9-13)11-21-19(24)15-10-18(23)22(12-15)17-7-5-16(20)6-8-17/h2-9,15H,10-12H2,1H3,(H,21,24)/t15-/m0/s1. The Balaban J connectivity index is 1.60. The zero-order valence-electron chi connectivity index (χ0n) is 13.5. The molecule has 2 aromatic rings. The molecule has 2 aromatic carbocycles. The number of hydrogen-bond donors (Lipinski definition) is 1. The summed E-state index contributed by atoms with van der Waals surface area (Å²) in [7, 11) is 0. The van der Waals surface area contributed by atoms with Gasteiger partial charge < -0.3 is 10.2 Å². The summed E-state index contributed by atoms with van der Waals surface area (Å²) in [6.45, 7) is 2.90. The molecule has 0 radical (unpaired) electrons. The van der Waals surface area contributed by atoms with Gasteiger partial charge in [-0.25, -0.2) is 0 Å². The number of aryl methyl sites for hydroxylation is 1. The van der Waals surface area contributed by atoms with Crippen molar-refractivity contribution in [1.29, 1.82) is 0 Å². The first-order chi connectivity index (χ1) is 11.5. The van der Waals surface area contributed by atoms with Crippen LogP contribution < -0.4 is 10.2 Å². The predicted molar refractivity (Wildman–Crippen MR) is 94.9 cm³/mol. The normalized spacial score (nSPS) is 17.2. The molecule has 1 fully saturated rings. The van der Waals surface area contributed by atoms with Crippen molar-refractivity contribution in [3.8, 4) is 0 Å². The van der Waals surface area contributed by atoms with Gasteiger partial charge in [0, 0.05) is 30.2 Å². The summed E-state index contributed by atoms with van der Waals surface area (Å²) in [6, 6.07) is 15.1. The van der Waals surface area contributed by atoms with E-state index in [2.05, 4.69) is 5.32 Å². The van der Waals surface area contributed by atoms with Gasteiger partial charge in [0.05, 0.1) is 5.92 Å². The van der Waals surface area contributed by atoms with Gasteiger partial charge >= 0.3 is 0 Å². The molecule has 0 bridgehead atoms. The maximum atomic E-state index is 12.4. The zero-order valence-corrected chi connectivity index (χ0v) is 14.2. The fourth-order valence-corrected chi connectivity index (χ4v) is 3.04. The van der Waals surface area contributed by atoms with Gasteiger partial charge in [0.2, 0.25) is 11.8 Å². The van der Waals surface area contributed by atoms with Crippen LogP contribution in [0, 0.1) is 12.8 Å². The summed E-state index contributed by atoms with van der Waals surface area (Å²) < 4.78 is 0. The Morgan fingerprint density at radius 1 is 1.25 bits per heavy atom. The summed E-state index contributed by atoms with van der Waals surface area (Å²) in [5.41, 5.74) is 2.99. The Morgan fingerprint density at radius 2 is 2.00 bits per heavy atom. The first-order valence-electron chi connectivity index (χ1n) is 7.92. The van der Waals surface area contributed by atoms with E-state index in [9.17, 15) is 9.59 Å². The second-order valence-corrected chi connectivity index (χ2v) is 6.53. The van der Waals surface area contributed by atoms with Crippen molar-refractivity contribution in [3.05, 3.63) is 64.7 Å². The summed E-state index contributed by atoms with van der Waals surface area (Å²) in [5.74, 6) is -0.438. The molecular weight excluding hydrogens is 324 g/mol. The van der Waals surface area contributed by atoms with Crippen LogP contribution in [0.25, 0.3) is 0 Å². The lowest BCUT2D eigenvalue weighted by atomic mass is 10.1. The number of halogens is 1. The second kappa shape index (κ2) is 7.05. The number of carbonyl (C=O) groups excluding carboxylic acids is 2. The third kappa shape index (κ3) is 3.77. The highest BCUT2D eigenvalue weighted by atomic mass is 35.5. The lowest BCUT2D eigenvalue weighted by molar-refractivity contribution is -0.126. The highest BCUT2D eigenvalue weighted by molar-refractivity contribution is 6.30. The molecule has 0 unspecified atom stereocenters. The van der Waals surface area contributed by atoms with Gasteiger partial charge in [-0.1, -0.05) is 41.4 Å². The van der Waals surface area contributed by atoms with E-state index >= 15 is 0 Å². The molecule has 1 N–H and O–H groups in total. The lowest BCUT2D eigenvalue weighted by Crippen LogP contribution is -2.32. The molecule has 1 aliphatic rings. The Morgan fingerprint density at radius 3 is 2.71 bits per heavy atom. The highest BCUT2D eigenvalue weighted by Crippen LogP contribution is 2.26. The maximum Gasteiger partial charge on any atom is 0.227 e. The fourth-order valence-electron chi connectivity index (χ4n) is 2.91. The number of hydrogen-bond acceptors (Lipinski definition) is 2. The third-order valence-corrected chi connectivity index (χ3v) is 4.44. The summed E-state index contributed by atoms with van der Waals surface area (Å²) >= 11 is 5.88. The lowest BCUT2D eigenvalue weighted by Gasteiger charge is -2.16. The number of benzene rings is 2. The Hall–Kier alpha value is -2.33. The van der Waals surface area contributed by atoms with Crippen molar-refractivity contribution in [2.45, 2.75) is 19.9 Å². The summed E-state index contributed by atoms with van der Waals surface area (Å²) in [4.78, 5) is 26.2. The molecule has 1 saturated heterocycles. The highest BCUT2D eigenvalue weighted by Gasteiger charge is 2.34.